The highest BCUT2D eigenvalue weighted by Gasteiger charge is 2.32. The molecular weight excluding hydrogens is 286 g/mol. The lowest BCUT2D eigenvalue weighted by Gasteiger charge is -2.40. The van der Waals surface area contributed by atoms with Crippen molar-refractivity contribution >= 4 is 23.4 Å². The van der Waals surface area contributed by atoms with Gasteiger partial charge in [0.2, 0.25) is 0 Å². The summed E-state index contributed by atoms with van der Waals surface area (Å²) in [6.45, 7) is 0. The van der Waals surface area contributed by atoms with E-state index in [1.54, 1.807) is 0 Å². The molecule has 1 N–H and O–H groups in total. The van der Waals surface area contributed by atoms with Gasteiger partial charge in [-0.2, -0.15) is 11.8 Å². The van der Waals surface area contributed by atoms with Crippen molar-refractivity contribution < 1.29 is 0 Å². The standard InChI is InChI=1S/C17H24ClNS/c1-20-17-8-6-15(7-9-17)19-16-10-13(11-16)12-2-4-14(18)5-3-12/h2-5,13,15-17,19H,6-11H2,1H3. The van der Waals surface area contributed by atoms with Gasteiger partial charge >= 0.3 is 0 Å². The zero-order valence-corrected chi connectivity index (χ0v) is 13.7. The lowest BCUT2D eigenvalue weighted by molar-refractivity contribution is 0.240. The molecule has 110 valence electrons. The largest absolute Gasteiger partial charge is 0.311 e. The molecule has 3 rings (SSSR count). The van der Waals surface area contributed by atoms with Crippen LogP contribution in [0.15, 0.2) is 24.3 Å². The highest BCUT2D eigenvalue weighted by molar-refractivity contribution is 7.99. The van der Waals surface area contributed by atoms with Gasteiger partial charge in [-0.1, -0.05) is 23.7 Å². The lowest BCUT2D eigenvalue weighted by Crippen LogP contribution is -2.46. The molecule has 0 atom stereocenters. The second-order valence-electron chi connectivity index (χ2n) is 6.29. The van der Waals surface area contributed by atoms with Crippen LogP contribution in [0.2, 0.25) is 5.02 Å². The van der Waals surface area contributed by atoms with Crippen molar-refractivity contribution in [1.29, 1.82) is 0 Å². The van der Waals surface area contributed by atoms with Gasteiger partial charge in [0.15, 0.2) is 0 Å². The minimum absolute atomic E-state index is 0.742. The summed E-state index contributed by atoms with van der Waals surface area (Å²) in [4.78, 5) is 0. The first-order chi connectivity index (χ1) is 9.74. The maximum atomic E-state index is 5.94. The van der Waals surface area contributed by atoms with Gasteiger partial charge in [-0.15, -0.1) is 0 Å². The predicted octanol–water partition coefficient (Wildman–Crippen LogP) is 4.85. The third-order valence-electron chi connectivity index (χ3n) is 4.96. The fraction of sp³-hybridized carbons (Fsp3) is 0.647. The zero-order valence-electron chi connectivity index (χ0n) is 12.1. The van der Waals surface area contributed by atoms with Crippen LogP contribution < -0.4 is 5.32 Å². The summed E-state index contributed by atoms with van der Waals surface area (Å²) in [5.41, 5.74) is 1.46. The quantitative estimate of drug-likeness (QED) is 0.853. The van der Waals surface area contributed by atoms with Crippen molar-refractivity contribution in [3.05, 3.63) is 34.9 Å². The molecule has 20 heavy (non-hydrogen) atoms. The van der Waals surface area contributed by atoms with Crippen molar-refractivity contribution in [3.63, 3.8) is 0 Å². The van der Waals surface area contributed by atoms with Crippen LogP contribution >= 0.6 is 23.4 Å². The molecule has 1 nitrogen and oxygen atoms in total. The Morgan fingerprint density at radius 1 is 1.00 bits per heavy atom. The average molecular weight is 310 g/mol. The van der Waals surface area contributed by atoms with Gasteiger partial charge in [-0.25, -0.2) is 0 Å². The van der Waals surface area contributed by atoms with Crippen molar-refractivity contribution in [2.24, 2.45) is 0 Å². The third kappa shape index (κ3) is 3.52. The molecule has 0 amide bonds. The van der Waals surface area contributed by atoms with Crippen LogP contribution in [0.4, 0.5) is 0 Å². The molecule has 2 aliphatic rings. The van der Waals surface area contributed by atoms with Gasteiger partial charge in [0, 0.05) is 22.4 Å². The normalized spacial score (nSPS) is 33.7. The first kappa shape index (κ1) is 14.7. The van der Waals surface area contributed by atoms with E-state index in [4.69, 9.17) is 11.6 Å². The van der Waals surface area contributed by atoms with E-state index in [1.807, 2.05) is 23.9 Å². The Labute approximate surface area is 131 Å². The van der Waals surface area contributed by atoms with Crippen LogP contribution in [0.1, 0.15) is 50.0 Å². The molecule has 2 saturated carbocycles. The Morgan fingerprint density at radius 3 is 2.25 bits per heavy atom. The second-order valence-corrected chi connectivity index (χ2v) is 7.87. The summed E-state index contributed by atoms with van der Waals surface area (Å²) >= 11 is 7.99. The number of rotatable bonds is 4. The summed E-state index contributed by atoms with van der Waals surface area (Å²) in [5.74, 6) is 0.743. The SMILES string of the molecule is CSC1CCC(NC2CC(c3ccc(Cl)cc3)C2)CC1. The first-order valence-corrected chi connectivity index (χ1v) is 9.45. The third-order valence-corrected chi connectivity index (χ3v) is 6.35. The van der Waals surface area contributed by atoms with Crippen LogP contribution in [0, 0.1) is 0 Å². The summed E-state index contributed by atoms with van der Waals surface area (Å²) in [7, 11) is 0. The molecule has 2 aliphatic carbocycles. The minimum atomic E-state index is 0.742. The highest BCUT2D eigenvalue weighted by atomic mass is 35.5. The Balaban J connectivity index is 1.41. The van der Waals surface area contributed by atoms with Crippen LogP contribution in [0.5, 0.6) is 0 Å². The van der Waals surface area contributed by atoms with Gasteiger partial charge in [-0.05, 0) is 68.4 Å². The first-order valence-electron chi connectivity index (χ1n) is 7.79. The molecule has 1 aromatic carbocycles. The van der Waals surface area contributed by atoms with E-state index in [9.17, 15) is 0 Å². The number of nitrogens with one attached hydrogen (secondary N) is 1. The molecule has 0 unspecified atom stereocenters. The molecule has 0 heterocycles. The molecule has 3 heteroatoms. The van der Waals surface area contributed by atoms with E-state index in [-0.39, 0.29) is 0 Å². The molecule has 2 fully saturated rings. The highest BCUT2D eigenvalue weighted by Crippen LogP contribution is 2.38. The van der Waals surface area contributed by atoms with E-state index in [2.05, 4.69) is 23.7 Å². The van der Waals surface area contributed by atoms with Crippen LogP contribution in [0.25, 0.3) is 0 Å². The fourth-order valence-corrected chi connectivity index (χ4v) is 4.43. The average Bonchev–Trinajstić information content (AvgIpc) is 2.44. The topological polar surface area (TPSA) is 12.0 Å². The minimum Gasteiger partial charge on any atom is -0.311 e. The van der Waals surface area contributed by atoms with E-state index < -0.39 is 0 Å². The number of thioether (sulfide) groups is 1. The maximum Gasteiger partial charge on any atom is 0.0406 e. The number of benzene rings is 1. The number of hydrogen-bond acceptors (Lipinski definition) is 2. The molecular formula is C17H24ClNS. The Hall–Kier alpha value is -0.180. The number of hydrogen-bond donors (Lipinski definition) is 1. The molecule has 0 bridgehead atoms. The Morgan fingerprint density at radius 2 is 1.65 bits per heavy atom. The van der Waals surface area contributed by atoms with E-state index >= 15 is 0 Å². The second kappa shape index (κ2) is 6.72. The van der Waals surface area contributed by atoms with Gasteiger partial charge in [0.05, 0.1) is 0 Å². The molecule has 0 saturated heterocycles. The van der Waals surface area contributed by atoms with Gasteiger partial charge in [0.25, 0.3) is 0 Å². The molecule has 0 aromatic heterocycles. The molecule has 0 aliphatic heterocycles. The summed E-state index contributed by atoms with van der Waals surface area (Å²) in [6.07, 6.45) is 10.4. The van der Waals surface area contributed by atoms with Crippen molar-refractivity contribution in [1.82, 2.24) is 5.32 Å². The number of halogens is 1. The van der Waals surface area contributed by atoms with Crippen molar-refractivity contribution in [3.8, 4) is 0 Å². The van der Waals surface area contributed by atoms with Crippen molar-refractivity contribution in [2.45, 2.75) is 61.8 Å². The molecule has 1 aromatic rings. The lowest BCUT2D eigenvalue weighted by atomic mass is 9.75. The molecule has 0 radical (unpaired) electrons. The maximum absolute atomic E-state index is 5.94. The smallest absolute Gasteiger partial charge is 0.0406 e. The van der Waals surface area contributed by atoms with Gasteiger partial charge < -0.3 is 5.32 Å². The zero-order chi connectivity index (χ0) is 13.9. The monoisotopic (exact) mass is 309 g/mol. The predicted molar refractivity (Wildman–Crippen MR) is 89.9 cm³/mol. The van der Waals surface area contributed by atoms with E-state index in [0.29, 0.717) is 0 Å². The summed E-state index contributed by atoms with van der Waals surface area (Å²) in [6, 6.07) is 9.92. The molecule has 0 spiro atoms. The fourth-order valence-electron chi connectivity index (χ4n) is 3.56. The Kier molecular flexibility index (Phi) is 4.95. The van der Waals surface area contributed by atoms with Gasteiger partial charge in [-0.3, -0.25) is 0 Å². The van der Waals surface area contributed by atoms with Gasteiger partial charge in [0.1, 0.15) is 0 Å². The van der Waals surface area contributed by atoms with E-state index in [1.165, 1.54) is 44.1 Å². The van der Waals surface area contributed by atoms with Crippen LogP contribution in [0.3, 0.4) is 0 Å². The summed E-state index contributed by atoms with van der Waals surface area (Å²) < 4.78 is 0. The summed E-state index contributed by atoms with van der Waals surface area (Å²) in [5, 5.41) is 5.63. The van der Waals surface area contributed by atoms with Crippen LogP contribution in [-0.2, 0) is 0 Å². The Bertz CT molecular complexity index is 419. The van der Waals surface area contributed by atoms with Crippen LogP contribution in [-0.4, -0.2) is 23.6 Å². The van der Waals surface area contributed by atoms with Crippen molar-refractivity contribution in [2.75, 3.05) is 6.26 Å². The van der Waals surface area contributed by atoms with E-state index in [0.717, 1.165) is 28.3 Å².